The Bertz CT molecular complexity index is 579. The summed E-state index contributed by atoms with van der Waals surface area (Å²) in [4.78, 5) is 27.8. The molecule has 2 amide bonds. The number of benzene rings is 1. The molecule has 6 heteroatoms. The molecule has 130 valence electrons. The van der Waals surface area contributed by atoms with Crippen molar-refractivity contribution in [1.29, 1.82) is 0 Å². The van der Waals surface area contributed by atoms with Crippen LogP contribution >= 0.6 is 0 Å². The van der Waals surface area contributed by atoms with Crippen molar-refractivity contribution in [2.45, 2.75) is 38.3 Å². The second-order valence-corrected chi connectivity index (χ2v) is 6.71. The lowest BCUT2D eigenvalue weighted by molar-refractivity contribution is -0.122. The van der Waals surface area contributed by atoms with Crippen molar-refractivity contribution in [3.05, 3.63) is 29.8 Å². The molecule has 0 unspecified atom stereocenters. The molecule has 6 nitrogen and oxygen atoms in total. The first-order valence-corrected chi connectivity index (χ1v) is 8.76. The van der Waals surface area contributed by atoms with Gasteiger partial charge in [0.25, 0.3) is 0 Å². The number of carbonyl (C=O) groups is 2. The van der Waals surface area contributed by atoms with Crippen LogP contribution in [0.25, 0.3) is 0 Å². The third-order valence-corrected chi connectivity index (χ3v) is 4.81. The molecule has 2 heterocycles. The second-order valence-electron chi connectivity index (χ2n) is 6.71. The van der Waals surface area contributed by atoms with E-state index in [2.05, 4.69) is 10.2 Å². The summed E-state index contributed by atoms with van der Waals surface area (Å²) in [7, 11) is 0. The summed E-state index contributed by atoms with van der Waals surface area (Å²) >= 11 is 0. The Balaban J connectivity index is 1.44. The Kier molecular flexibility index (Phi) is 5.48. The molecular weight excluding hydrogens is 304 g/mol. The fourth-order valence-electron chi connectivity index (χ4n) is 3.29. The van der Waals surface area contributed by atoms with E-state index in [4.69, 9.17) is 5.73 Å². The molecule has 0 atom stereocenters. The van der Waals surface area contributed by atoms with Gasteiger partial charge in [-0.05, 0) is 37.0 Å². The second kappa shape index (κ2) is 7.77. The normalized spacial score (nSPS) is 19.7. The molecule has 0 aromatic heterocycles. The third-order valence-electron chi connectivity index (χ3n) is 4.81. The Morgan fingerprint density at radius 1 is 1.17 bits per heavy atom. The molecule has 2 aliphatic rings. The van der Waals surface area contributed by atoms with E-state index in [9.17, 15) is 9.59 Å². The van der Waals surface area contributed by atoms with Gasteiger partial charge in [0.15, 0.2) is 0 Å². The summed E-state index contributed by atoms with van der Waals surface area (Å²) in [5, 5.41) is 2.96. The molecule has 0 bridgehead atoms. The number of piperidine rings is 1. The van der Waals surface area contributed by atoms with Gasteiger partial charge in [-0.1, -0.05) is 12.1 Å². The van der Waals surface area contributed by atoms with Crippen molar-refractivity contribution in [3.63, 3.8) is 0 Å². The van der Waals surface area contributed by atoms with Crippen molar-refractivity contribution < 1.29 is 9.59 Å². The lowest BCUT2D eigenvalue weighted by atomic mass is 10.1. The highest BCUT2D eigenvalue weighted by Gasteiger charge is 2.21. The zero-order chi connectivity index (χ0) is 16.9. The molecule has 1 aromatic rings. The first-order chi connectivity index (χ1) is 11.6. The number of nitrogens with zero attached hydrogens (tertiary/aromatic N) is 2. The van der Waals surface area contributed by atoms with Gasteiger partial charge in [-0.25, -0.2) is 0 Å². The standard InChI is InChI=1S/C18H26N4O2/c19-15-7-10-21(11-8-15)13-17(23)20-12-14-3-5-16(6-4-14)22-9-1-2-18(22)24/h3-6,15H,1-2,7-13,19H2,(H,20,23). The fourth-order valence-corrected chi connectivity index (χ4v) is 3.29. The van der Waals surface area contributed by atoms with Gasteiger partial charge in [0.2, 0.25) is 11.8 Å². The Morgan fingerprint density at radius 3 is 2.50 bits per heavy atom. The van der Waals surface area contributed by atoms with E-state index in [0.29, 0.717) is 19.5 Å². The van der Waals surface area contributed by atoms with E-state index >= 15 is 0 Å². The smallest absolute Gasteiger partial charge is 0.234 e. The minimum Gasteiger partial charge on any atom is -0.351 e. The summed E-state index contributed by atoms with van der Waals surface area (Å²) < 4.78 is 0. The Labute approximate surface area is 143 Å². The van der Waals surface area contributed by atoms with Crippen LogP contribution < -0.4 is 16.0 Å². The SMILES string of the molecule is NC1CCN(CC(=O)NCc2ccc(N3CCCC3=O)cc2)CC1. The summed E-state index contributed by atoms with van der Waals surface area (Å²) in [6.07, 6.45) is 3.49. The summed E-state index contributed by atoms with van der Waals surface area (Å²) in [6.45, 7) is 3.54. The number of likely N-dealkylation sites (tertiary alicyclic amines) is 1. The maximum atomic E-state index is 12.0. The maximum absolute atomic E-state index is 12.0. The number of carbonyl (C=O) groups excluding carboxylic acids is 2. The highest BCUT2D eigenvalue weighted by Crippen LogP contribution is 2.21. The van der Waals surface area contributed by atoms with Gasteiger partial charge < -0.3 is 16.0 Å². The quantitative estimate of drug-likeness (QED) is 0.839. The third kappa shape index (κ3) is 4.33. The highest BCUT2D eigenvalue weighted by molar-refractivity contribution is 5.95. The lowest BCUT2D eigenvalue weighted by Crippen LogP contribution is -2.44. The molecule has 24 heavy (non-hydrogen) atoms. The van der Waals surface area contributed by atoms with Crippen LogP contribution in [-0.2, 0) is 16.1 Å². The van der Waals surface area contributed by atoms with Crippen molar-refractivity contribution in [2.24, 2.45) is 5.73 Å². The summed E-state index contributed by atoms with van der Waals surface area (Å²) in [6, 6.07) is 8.14. The van der Waals surface area contributed by atoms with E-state index in [1.807, 2.05) is 29.2 Å². The molecule has 3 rings (SSSR count). The van der Waals surface area contributed by atoms with Gasteiger partial charge in [0.1, 0.15) is 0 Å². The number of nitrogens with one attached hydrogen (secondary N) is 1. The fraction of sp³-hybridized carbons (Fsp3) is 0.556. The van der Waals surface area contributed by atoms with E-state index in [0.717, 1.165) is 50.1 Å². The average molecular weight is 330 g/mol. The summed E-state index contributed by atoms with van der Waals surface area (Å²) in [5.74, 6) is 0.238. The number of rotatable bonds is 5. The largest absolute Gasteiger partial charge is 0.351 e. The molecule has 0 aliphatic carbocycles. The number of hydrogen-bond donors (Lipinski definition) is 2. The van der Waals surface area contributed by atoms with Crippen LogP contribution in [0, 0.1) is 0 Å². The van der Waals surface area contributed by atoms with Crippen LogP contribution in [0.2, 0.25) is 0 Å². The minimum atomic E-state index is 0.0456. The molecule has 0 saturated carbocycles. The summed E-state index contributed by atoms with van der Waals surface area (Å²) in [5.41, 5.74) is 7.86. The number of hydrogen-bond acceptors (Lipinski definition) is 4. The van der Waals surface area contributed by atoms with E-state index in [1.54, 1.807) is 0 Å². The highest BCUT2D eigenvalue weighted by atomic mass is 16.2. The van der Waals surface area contributed by atoms with Gasteiger partial charge in [0.05, 0.1) is 6.54 Å². The van der Waals surface area contributed by atoms with E-state index in [-0.39, 0.29) is 17.9 Å². The van der Waals surface area contributed by atoms with Gasteiger partial charge in [0, 0.05) is 44.3 Å². The van der Waals surface area contributed by atoms with Gasteiger partial charge in [-0.3, -0.25) is 14.5 Å². The van der Waals surface area contributed by atoms with Crippen LogP contribution in [0.3, 0.4) is 0 Å². The lowest BCUT2D eigenvalue weighted by Gasteiger charge is -2.29. The maximum Gasteiger partial charge on any atom is 0.234 e. The molecule has 1 aromatic carbocycles. The van der Waals surface area contributed by atoms with Crippen molar-refractivity contribution >= 4 is 17.5 Å². The van der Waals surface area contributed by atoms with E-state index in [1.165, 1.54) is 0 Å². The predicted octanol–water partition coefficient (Wildman–Crippen LogP) is 0.853. The van der Waals surface area contributed by atoms with Crippen LogP contribution in [0.5, 0.6) is 0 Å². The molecule has 2 saturated heterocycles. The average Bonchev–Trinajstić information content (AvgIpc) is 3.02. The Hall–Kier alpha value is -1.92. The van der Waals surface area contributed by atoms with Crippen LogP contribution in [0.1, 0.15) is 31.2 Å². The molecule has 3 N–H and O–H groups in total. The van der Waals surface area contributed by atoms with E-state index < -0.39 is 0 Å². The van der Waals surface area contributed by atoms with Crippen molar-refractivity contribution in [1.82, 2.24) is 10.2 Å². The minimum absolute atomic E-state index is 0.0456. The first kappa shape index (κ1) is 16.9. The molecule has 0 spiro atoms. The monoisotopic (exact) mass is 330 g/mol. The topological polar surface area (TPSA) is 78.7 Å². The molecular formula is C18H26N4O2. The number of amides is 2. The number of anilines is 1. The zero-order valence-corrected chi connectivity index (χ0v) is 14.0. The van der Waals surface area contributed by atoms with Crippen molar-refractivity contribution in [2.75, 3.05) is 31.1 Å². The van der Waals surface area contributed by atoms with Crippen molar-refractivity contribution in [3.8, 4) is 0 Å². The van der Waals surface area contributed by atoms with Crippen LogP contribution in [0.4, 0.5) is 5.69 Å². The first-order valence-electron chi connectivity index (χ1n) is 8.76. The van der Waals surface area contributed by atoms with Gasteiger partial charge in [-0.2, -0.15) is 0 Å². The zero-order valence-electron chi connectivity index (χ0n) is 14.0. The number of nitrogens with two attached hydrogens (primary N) is 1. The molecule has 2 aliphatic heterocycles. The Morgan fingerprint density at radius 2 is 1.88 bits per heavy atom. The van der Waals surface area contributed by atoms with Gasteiger partial charge in [-0.15, -0.1) is 0 Å². The van der Waals surface area contributed by atoms with Crippen LogP contribution in [-0.4, -0.2) is 48.9 Å². The van der Waals surface area contributed by atoms with Gasteiger partial charge >= 0.3 is 0 Å². The molecule has 0 radical (unpaired) electrons. The predicted molar refractivity (Wildman–Crippen MR) is 93.5 cm³/mol. The van der Waals surface area contributed by atoms with Crippen LogP contribution in [0.15, 0.2) is 24.3 Å². The molecule has 2 fully saturated rings.